The zero-order valence-corrected chi connectivity index (χ0v) is 14.7. The SMILES string of the molecule is COc1cccc2sc(N3CC(C(=O)N4CCC(F)(F)CC4)C3)nc12. The molecule has 25 heavy (non-hydrogen) atoms. The van der Waals surface area contributed by atoms with Gasteiger partial charge in [-0.25, -0.2) is 13.8 Å². The minimum Gasteiger partial charge on any atom is -0.494 e. The molecule has 0 saturated carbocycles. The van der Waals surface area contributed by atoms with E-state index >= 15 is 0 Å². The molecular weight excluding hydrogens is 348 g/mol. The van der Waals surface area contributed by atoms with E-state index in [2.05, 4.69) is 9.88 Å². The molecule has 0 N–H and O–H groups in total. The zero-order valence-electron chi connectivity index (χ0n) is 13.9. The predicted octanol–water partition coefficient (Wildman–Crippen LogP) is 3.00. The normalized spacial score (nSPS) is 20.6. The Kier molecular flexibility index (Phi) is 4.02. The smallest absolute Gasteiger partial charge is 0.251 e. The number of para-hydroxylation sites is 1. The van der Waals surface area contributed by atoms with Crippen molar-refractivity contribution in [2.24, 2.45) is 5.92 Å². The summed E-state index contributed by atoms with van der Waals surface area (Å²) >= 11 is 1.57. The molecule has 1 aromatic heterocycles. The number of aromatic nitrogens is 1. The van der Waals surface area contributed by atoms with E-state index in [1.165, 1.54) is 0 Å². The third-order valence-electron chi connectivity index (χ3n) is 4.90. The van der Waals surface area contributed by atoms with Crippen molar-refractivity contribution < 1.29 is 18.3 Å². The molecule has 2 saturated heterocycles. The van der Waals surface area contributed by atoms with Crippen LogP contribution in [0.4, 0.5) is 13.9 Å². The van der Waals surface area contributed by atoms with Gasteiger partial charge in [-0.15, -0.1) is 0 Å². The maximum atomic E-state index is 13.2. The number of likely N-dealkylation sites (tertiary alicyclic amines) is 1. The topological polar surface area (TPSA) is 45.7 Å². The van der Waals surface area contributed by atoms with Crippen molar-refractivity contribution >= 4 is 32.6 Å². The minimum absolute atomic E-state index is 0.00885. The molecular formula is C17H19F2N3O2S. The van der Waals surface area contributed by atoms with Gasteiger partial charge in [-0.05, 0) is 12.1 Å². The molecule has 2 aliphatic heterocycles. The van der Waals surface area contributed by atoms with Crippen LogP contribution < -0.4 is 9.64 Å². The molecule has 0 bridgehead atoms. The highest BCUT2D eigenvalue weighted by Crippen LogP contribution is 2.37. The maximum absolute atomic E-state index is 13.2. The van der Waals surface area contributed by atoms with Gasteiger partial charge in [-0.1, -0.05) is 17.4 Å². The summed E-state index contributed by atoms with van der Waals surface area (Å²) in [6, 6.07) is 5.80. The van der Waals surface area contributed by atoms with E-state index in [1.54, 1.807) is 23.3 Å². The van der Waals surface area contributed by atoms with Crippen LogP contribution in [-0.4, -0.2) is 55.0 Å². The van der Waals surface area contributed by atoms with Crippen LogP contribution in [0.5, 0.6) is 5.75 Å². The van der Waals surface area contributed by atoms with Gasteiger partial charge in [0.15, 0.2) is 5.13 Å². The lowest BCUT2D eigenvalue weighted by Crippen LogP contribution is -2.56. The van der Waals surface area contributed by atoms with Crippen LogP contribution in [0.3, 0.4) is 0 Å². The highest BCUT2D eigenvalue weighted by Gasteiger charge is 2.41. The van der Waals surface area contributed by atoms with E-state index in [0.717, 1.165) is 21.1 Å². The summed E-state index contributed by atoms with van der Waals surface area (Å²) in [6.45, 7) is 1.49. The van der Waals surface area contributed by atoms with Crippen molar-refractivity contribution in [1.82, 2.24) is 9.88 Å². The number of hydrogen-bond acceptors (Lipinski definition) is 5. The van der Waals surface area contributed by atoms with Gasteiger partial charge in [-0.2, -0.15) is 0 Å². The minimum atomic E-state index is -2.62. The molecule has 0 aliphatic carbocycles. The van der Waals surface area contributed by atoms with Gasteiger partial charge in [0.05, 0.1) is 17.7 Å². The number of alkyl halides is 2. The van der Waals surface area contributed by atoms with Crippen molar-refractivity contribution in [3.63, 3.8) is 0 Å². The van der Waals surface area contributed by atoms with Gasteiger partial charge in [0, 0.05) is 39.0 Å². The Labute approximate surface area is 148 Å². The van der Waals surface area contributed by atoms with E-state index in [9.17, 15) is 13.6 Å². The number of piperidine rings is 1. The van der Waals surface area contributed by atoms with Crippen molar-refractivity contribution in [1.29, 1.82) is 0 Å². The van der Waals surface area contributed by atoms with Crippen LogP contribution in [0, 0.1) is 5.92 Å². The second kappa shape index (κ2) is 6.09. The van der Waals surface area contributed by atoms with E-state index in [0.29, 0.717) is 13.1 Å². The highest BCUT2D eigenvalue weighted by molar-refractivity contribution is 7.22. The van der Waals surface area contributed by atoms with Crippen LogP contribution in [0.15, 0.2) is 18.2 Å². The van der Waals surface area contributed by atoms with Gasteiger partial charge >= 0.3 is 0 Å². The van der Waals surface area contributed by atoms with E-state index in [4.69, 9.17) is 4.74 Å². The second-order valence-corrected chi connectivity index (χ2v) is 7.60. The van der Waals surface area contributed by atoms with Gasteiger partial charge in [0.25, 0.3) is 5.92 Å². The number of carbonyl (C=O) groups excluding carboxylic acids is 1. The molecule has 2 aliphatic rings. The van der Waals surface area contributed by atoms with E-state index in [-0.39, 0.29) is 37.8 Å². The first-order valence-electron chi connectivity index (χ1n) is 8.32. The molecule has 134 valence electrons. The largest absolute Gasteiger partial charge is 0.494 e. The van der Waals surface area contributed by atoms with Crippen LogP contribution in [0.25, 0.3) is 10.2 Å². The third kappa shape index (κ3) is 3.03. The van der Waals surface area contributed by atoms with Crippen LogP contribution in [0.2, 0.25) is 0 Å². The van der Waals surface area contributed by atoms with Crippen LogP contribution >= 0.6 is 11.3 Å². The Hall–Kier alpha value is -1.96. The molecule has 3 heterocycles. The molecule has 0 atom stereocenters. The van der Waals surface area contributed by atoms with Crippen molar-refractivity contribution in [2.75, 3.05) is 38.2 Å². The summed E-state index contributed by atoms with van der Waals surface area (Å²) in [6.07, 6.45) is -0.459. The van der Waals surface area contributed by atoms with Gasteiger partial charge < -0.3 is 14.5 Å². The predicted molar refractivity (Wildman–Crippen MR) is 92.6 cm³/mol. The van der Waals surface area contributed by atoms with Crippen molar-refractivity contribution in [3.8, 4) is 5.75 Å². The number of thiazole rings is 1. The standard InChI is InChI=1S/C17H19F2N3O2S/c1-24-12-3-2-4-13-14(12)20-16(25-13)22-9-11(10-22)15(23)21-7-5-17(18,19)6-8-21/h2-4,11H,5-10H2,1H3. The number of ether oxygens (including phenoxy) is 1. The fraction of sp³-hybridized carbons (Fsp3) is 0.529. The lowest BCUT2D eigenvalue weighted by molar-refractivity contribution is -0.142. The molecule has 0 unspecified atom stereocenters. The first-order chi connectivity index (χ1) is 12.0. The Bertz CT molecular complexity index is 794. The quantitative estimate of drug-likeness (QED) is 0.837. The summed E-state index contributed by atoms with van der Waals surface area (Å²) < 4.78 is 32.8. The van der Waals surface area contributed by atoms with Crippen molar-refractivity contribution in [3.05, 3.63) is 18.2 Å². The molecule has 5 nitrogen and oxygen atoms in total. The third-order valence-corrected chi connectivity index (χ3v) is 5.98. The van der Waals surface area contributed by atoms with Gasteiger partial charge in [0.1, 0.15) is 11.3 Å². The number of methoxy groups -OCH3 is 1. The number of carbonyl (C=O) groups is 1. The summed E-state index contributed by atoms with van der Waals surface area (Å²) in [5, 5.41) is 0.869. The molecule has 1 amide bonds. The summed E-state index contributed by atoms with van der Waals surface area (Å²) in [7, 11) is 1.62. The number of benzene rings is 1. The Balaban J connectivity index is 1.40. The number of anilines is 1. The molecule has 0 spiro atoms. The molecule has 2 aromatic rings. The van der Waals surface area contributed by atoms with Gasteiger partial charge in [-0.3, -0.25) is 4.79 Å². The Morgan fingerprint density at radius 2 is 2.04 bits per heavy atom. The number of hydrogen-bond donors (Lipinski definition) is 0. The van der Waals surface area contributed by atoms with Crippen molar-refractivity contribution in [2.45, 2.75) is 18.8 Å². The molecule has 8 heteroatoms. The second-order valence-electron chi connectivity index (χ2n) is 6.59. The Morgan fingerprint density at radius 1 is 1.32 bits per heavy atom. The number of rotatable bonds is 3. The number of nitrogens with zero attached hydrogens (tertiary/aromatic N) is 3. The number of halogens is 2. The molecule has 1 aromatic carbocycles. The summed E-state index contributed by atoms with van der Waals surface area (Å²) in [4.78, 5) is 20.7. The fourth-order valence-electron chi connectivity index (χ4n) is 3.31. The van der Waals surface area contributed by atoms with Crippen LogP contribution in [0.1, 0.15) is 12.8 Å². The van der Waals surface area contributed by atoms with E-state index < -0.39 is 5.92 Å². The van der Waals surface area contributed by atoms with Crippen LogP contribution in [-0.2, 0) is 4.79 Å². The lowest BCUT2D eigenvalue weighted by atomic mass is 9.97. The molecule has 4 rings (SSSR count). The lowest BCUT2D eigenvalue weighted by Gasteiger charge is -2.42. The summed E-state index contributed by atoms with van der Waals surface area (Å²) in [5.41, 5.74) is 0.832. The first-order valence-corrected chi connectivity index (χ1v) is 9.13. The molecule has 2 fully saturated rings. The average Bonchev–Trinajstić information content (AvgIpc) is 2.96. The first kappa shape index (κ1) is 16.5. The van der Waals surface area contributed by atoms with Gasteiger partial charge in [0.2, 0.25) is 5.91 Å². The number of fused-ring (bicyclic) bond motifs is 1. The molecule has 0 radical (unpaired) electrons. The zero-order chi connectivity index (χ0) is 17.6. The monoisotopic (exact) mass is 367 g/mol. The number of amides is 1. The summed E-state index contributed by atoms with van der Waals surface area (Å²) in [5.74, 6) is -2.02. The average molecular weight is 367 g/mol. The fourth-order valence-corrected chi connectivity index (χ4v) is 4.32. The Morgan fingerprint density at radius 3 is 2.72 bits per heavy atom. The highest BCUT2D eigenvalue weighted by atomic mass is 32.1. The maximum Gasteiger partial charge on any atom is 0.251 e. The van der Waals surface area contributed by atoms with E-state index in [1.807, 2.05) is 18.2 Å².